The number of ether oxygens (including phenoxy) is 1. The summed E-state index contributed by atoms with van der Waals surface area (Å²) in [4.78, 5) is 11.8. The highest BCUT2D eigenvalue weighted by Crippen LogP contribution is 2.34. The van der Waals surface area contributed by atoms with E-state index in [0.29, 0.717) is 19.6 Å². The van der Waals surface area contributed by atoms with Gasteiger partial charge in [0.05, 0.1) is 12.6 Å². The Kier molecular flexibility index (Phi) is 7.16. The first-order chi connectivity index (χ1) is 9.09. The van der Waals surface area contributed by atoms with E-state index in [1.54, 1.807) is 7.11 Å². The second-order valence-electron chi connectivity index (χ2n) is 5.86. The summed E-state index contributed by atoms with van der Waals surface area (Å²) < 4.78 is 4.94. The molecule has 3 N–H and O–H groups in total. The van der Waals surface area contributed by atoms with Crippen LogP contribution >= 0.6 is 0 Å². The minimum absolute atomic E-state index is 0.0615. The second kappa shape index (κ2) is 8.38. The molecule has 1 aliphatic rings. The van der Waals surface area contributed by atoms with Crippen molar-refractivity contribution in [3.63, 3.8) is 0 Å². The van der Waals surface area contributed by atoms with Crippen molar-refractivity contribution in [2.45, 2.75) is 51.5 Å². The van der Waals surface area contributed by atoms with Crippen LogP contribution < -0.4 is 10.6 Å². The van der Waals surface area contributed by atoms with E-state index in [2.05, 4.69) is 17.6 Å². The number of nitrogens with one attached hydrogen (secondary N) is 2. The van der Waals surface area contributed by atoms with Crippen LogP contribution in [0.5, 0.6) is 0 Å². The Morgan fingerprint density at radius 3 is 2.63 bits per heavy atom. The lowest BCUT2D eigenvalue weighted by Gasteiger charge is -2.33. The predicted octanol–water partition coefficient (Wildman–Crippen LogP) is 1.65. The average Bonchev–Trinajstić information content (AvgIpc) is 2.42. The largest absolute Gasteiger partial charge is 0.394 e. The monoisotopic (exact) mass is 272 g/mol. The van der Waals surface area contributed by atoms with Crippen LogP contribution in [0.2, 0.25) is 0 Å². The number of urea groups is 1. The molecule has 0 spiro atoms. The lowest BCUT2D eigenvalue weighted by atomic mass is 9.76. The van der Waals surface area contributed by atoms with Gasteiger partial charge >= 0.3 is 6.03 Å². The van der Waals surface area contributed by atoms with Crippen molar-refractivity contribution in [2.75, 3.05) is 26.9 Å². The number of carbonyl (C=O) groups excluding carboxylic acids is 1. The zero-order chi connectivity index (χ0) is 14.1. The molecule has 1 fully saturated rings. The van der Waals surface area contributed by atoms with Crippen LogP contribution in [-0.4, -0.2) is 44.0 Å². The predicted molar refractivity (Wildman–Crippen MR) is 75.1 cm³/mol. The van der Waals surface area contributed by atoms with Gasteiger partial charge in [-0.15, -0.1) is 0 Å². The molecule has 0 aromatic heterocycles. The Balaban J connectivity index is 2.25. The van der Waals surface area contributed by atoms with Crippen molar-refractivity contribution in [3.05, 3.63) is 0 Å². The van der Waals surface area contributed by atoms with Gasteiger partial charge in [-0.05, 0) is 24.7 Å². The molecule has 0 bridgehead atoms. The van der Waals surface area contributed by atoms with Crippen LogP contribution in [0.25, 0.3) is 0 Å². The standard InChI is InChI=1S/C14H28N2O3/c1-14(7-4-3-5-8-14)11-15-13(18)16-12(10-17)6-9-19-2/h12,17H,3-11H2,1-2H3,(H2,15,16,18). The number of carbonyl (C=O) groups is 1. The van der Waals surface area contributed by atoms with Crippen molar-refractivity contribution in [1.29, 1.82) is 0 Å². The lowest BCUT2D eigenvalue weighted by molar-refractivity contribution is 0.157. The van der Waals surface area contributed by atoms with E-state index in [9.17, 15) is 9.90 Å². The Morgan fingerprint density at radius 2 is 2.05 bits per heavy atom. The molecule has 0 heterocycles. The highest BCUT2D eigenvalue weighted by atomic mass is 16.5. The number of rotatable bonds is 7. The van der Waals surface area contributed by atoms with E-state index in [4.69, 9.17) is 4.74 Å². The Hall–Kier alpha value is -0.810. The molecule has 2 amide bonds. The Morgan fingerprint density at radius 1 is 1.37 bits per heavy atom. The minimum Gasteiger partial charge on any atom is -0.394 e. The van der Waals surface area contributed by atoms with Crippen LogP contribution in [0.15, 0.2) is 0 Å². The summed E-state index contributed by atoms with van der Waals surface area (Å²) in [5, 5.41) is 14.9. The van der Waals surface area contributed by atoms with Gasteiger partial charge in [-0.25, -0.2) is 4.79 Å². The van der Waals surface area contributed by atoms with E-state index in [-0.39, 0.29) is 24.1 Å². The molecule has 1 atom stereocenters. The van der Waals surface area contributed by atoms with Crippen LogP contribution in [0.1, 0.15) is 45.4 Å². The highest BCUT2D eigenvalue weighted by molar-refractivity contribution is 5.74. The van der Waals surface area contributed by atoms with Crippen LogP contribution in [0, 0.1) is 5.41 Å². The summed E-state index contributed by atoms with van der Waals surface area (Å²) in [5.41, 5.74) is 0.233. The summed E-state index contributed by atoms with van der Waals surface area (Å²) in [5.74, 6) is 0. The molecule has 1 aliphatic carbocycles. The van der Waals surface area contributed by atoms with Crippen molar-refractivity contribution >= 4 is 6.03 Å². The minimum atomic E-state index is -0.237. The smallest absolute Gasteiger partial charge is 0.315 e. The lowest BCUT2D eigenvalue weighted by Crippen LogP contribution is -2.47. The van der Waals surface area contributed by atoms with Gasteiger partial charge in [-0.2, -0.15) is 0 Å². The molecule has 0 aliphatic heterocycles. The fraction of sp³-hybridized carbons (Fsp3) is 0.929. The highest BCUT2D eigenvalue weighted by Gasteiger charge is 2.27. The van der Waals surface area contributed by atoms with Gasteiger partial charge in [0.15, 0.2) is 0 Å². The normalized spacial score (nSPS) is 19.7. The third-order valence-corrected chi connectivity index (χ3v) is 3.96. The SMILES string of the molecule is COCCC(CO)NC(=O)NCC1(C)CCCCC1. The van der Waals surface area contributed by atoms with Crippen molar-refractivity contribution in [1.82, 2.24) is 10.6 Å². The Bertz CT molecular complexity index is 265. The molecule has 0 saturated heterocycles. The third-order valence-electron chi connectivity index (χ3n) is 3.96. The quantitative estimate of drug-likeness (QED) is 0.660. The first kappa shape index (κ1) is 16.2. The molecule has 19 heavy (non-hydrogen) atoms. The first-order valence-electron chi connectivity index (χ1n) is 7.24. The molecule has 5 nitrogen and oxygen atoms in total. The van der Waals surface area contributed by atoms with Gasteiger partial charge in [0.25, 0.3) is 0 Å². The van der Waals surface area contributed by atoms with Gasteiger partial charge in [-0.1, -0.05) is 26.2 Å². The number of methoxy groups -OCH3 is 1. The fourth-order valence-electron chi connectivity index (χ4n) is 2.58. The molecule has 5 heteroatoms. The van der Waals surface area contributed by atoms with Gasteiger partial charge in [0.1, 0.15) is 0 Å². The van der Waals surface area contributed by atoms with E-state index in [1.807, 2.05) is 0 Å². The molecule has 0 aromatic carbocycles. The molecule has 112 valence electrons. The first-order valence-corrected chi connectivity index (χ1v) is 7.24. The maximum atomic E-state index is 11.8. The maximum absolute atomic E-state index is 11.8. The summed E-state index contributed by atoms with van der Waals surface area (Å²) >= 11 is 0. The molecule has 0 radical (unpaired) electrons. The van der Waals surface area contributed by atoms with E-state index >= 15 is 0 Å². The number of amides is 2. The zero-order valence-electron chi connectivity index (χ0n) is 12.2. The van der Waals surface area contributed by atoms with E-state index in [1.165, 1.54) is 32.1 Å². The number of aliphatic hydroxyl groups excluding tert-OH is 1. The van der Waals surface area contributed by atoms with Crippen molar-refractivity contribution in [3.8, 4) is 0 Å². The number of aliphatic hydroxyl groups is 1. The van der Waals surface area contributed by atoms with Gasteiger partial charge in [0, 0.05) is 20.3 Å². The molecule has 1 rings (SSSR count). The van der Waals surface area contributed by atoms with E-state index < -0.39 is 0 Å². The Labute approximate surface area is 116 Å². The molecule has 1 unspecified atom stereocenters. The summed E-state index contributed by atoms with van der Waals surface area (Å²) in [6, 6.07) is -0.430. The number of hydrogen-bond acceptors (Lipinski definition) is 3. The third kappa shape index (κ3) is 6.25. The van der Waals surface area contributed by atoms with Crippen molar-refractivity contribution in [2.24, 2.45) is 5.41 Å². The topological polar surface area (TPSA) is 70.6 Å². The maximum Gasteiger partial charge on any atom is 0.315 e. The molecular formula is C14H28N2O3. The summed E-state index contributed by atoms with van der Waals surface area (Å²) in [6.45, 7) is 3.42. The van der Waals surface area contributed by atoms with Gasteiger partial charge < -0.3 is 20.5 Å². The van der Waals surface area contributed by atoms with Crippen LogP contribution in [0.4, 0.5) is 4.79 Å². The van der Waals surface area contributed by atoms with E-state index in [0.717, 1.165) is 0 Å². The zero-order valence-corrected chi connectivity index (χ0v) is 12.2. The summed E-state index contributed by atoms with van der Waals surface area (Å²) in [7, 11) is 1.61. The summed E-state index contributed by atoms with van der Waals surface area (Å²) in [6.07, 6.45) is 6.81. The second-order valence-corrected chi connectivity index (χ2v) is 5.86. The average molecular weight is 272 g/mol. The molecular weight excluding hydrogens is 244 g/mol. The van der Waals surface area contributed by atoms with Crippen LogP contribution in [0.3, 0.4) is 0 Å². The number of hydrogen-bond donors (Lipinski definition) is 3. The fourth-order valence-corrected chi connectivity index (χ4v) is 2.58. The van der Waals surface area contributed by atoms with Crippen LogP contribution in [-0.2, 0) is 4.74 Å². The van der Waals surface area contributed by atoms with Crippen molar-refractivity contribution < 1.29 is 14.6 Å². The van der Waals surface area contributed by atoms with Gasteiger partial charge in [-0.3, -0.25) is 0 Å². The molecule has 1 saturated carbocycles. The molecule has 0 aromatic rings. The van der Waals surface area contributed by atoms with Gasteiger partial charge in [0.2, 0.25) is 0 Å².